The highest BCUT2D eigenvalue weighted by Crippen LogP contribution is 2.58. The molecule has 2 aliphatic carbocycles. The number of alkyl halides is 1. The molecule has 0 bridgehead atoms. The van der Waals surface area contributed by atoms with Gasteiger partial charge in [0.2, 0.25) is 0 Å². The van der Waals surface area contributed by atoms with E-state index in [1.54, 1.807) is 0 Å². The maximum atomic E-state index is 6.04. The molecule has 2 aliphatic rings. The van der Waals surface area contributed by atoms with Gasteiger partial charge in [-0.2, -0.15) is 0 Å². The van der Waals surface area contributed by atoms with Crippen LogP contribution in [0, 0.1) is 0 Å². The second-order valence-corrected chi connectivity index (χ2v) is 9.90. The summed E-state index contributed by atoms with van der Waals surface area (Å²) in [6.45, 7) is 2.52. The molecule has 0 nitrogen and oxygen atoms in total. The van der Waals surface area contributed by atoms with Crippen LogP contribution in [0.3, 0.4) is 0 Å². The van der Waals surface area contributed by atoms with E-state index >= 15 is 0 Å². The van der Waals surface area contributed by atoms with E-state index in [4.69, 9.17) is 11.6 Å². The smallest absolute Gasteiger partial charge is 0.0731 e. The molecule has 58 valence electrons. The molecular formula is C8H15ClSi. The first-order valence-electron chi connectivity index (χ1n) is 4.33. The summed E-state index contributed by atoms with van der Waals surface area (Å²) < 4.78 is 0. The van der Waals surface area contributed by atoms with Crippen LogP contribution in [0.1, 0.15) is 25.7 Å². The van der Waals surface area contributed by atoms with Crippen molar-refractivity contribution in [1.29, 1.82) is 0 Å². The van der Waals surface area contributed by atoms with Crippen LogP contribution in [-0.2, 0) is 0 Å². The van der Waals surface area contributed by atoms with Gasteiger partial charge < -0.3 is 0 Å². The summed E-state index contributed by atoms with van der Waals surface area (Å²) in [4.78, 5) is 0. The Hall–Kier alpha value is 0.507. The van der Waals surface area contributed by atoms with Gasteiger partial charge in [0.25, 0.3) is 0 Å². The summed E-state index contributed by atoms with van der Waals surface area (Å²) in [5, 5.41) is 0. The molecule has 0 aromatic heterocycles. The van der Waals surface area contributed by atoms with Crippen LogP contribution < -0.4 is 0 Å². The zero-order chi connectivity index (χ0) is 7.19. The maximum absolute atomic E-state index is 6.04. The summed E-state index contributed by atoms with van der Waals surface area (Å²) in [6, 6.07) is 0. The van der Waals surface area contributed by atoms with Crippen LogP contribution in [0.25, 0.3) is 0 Å². The molecule has 0 radical (unpaired) electrons. The van der Waals surface area contributed by atoms with Gasteiger partial charge in [-0.1, -0.05) is 32.2 Å². The number of rotatable bonds is 3. The highest BCUT2D eigenvalue weighted by Gasteiger charge is 2.51. The highest BCUT2D eigenvalue weighted by atomic mass is 35.5. The van der Waals surface area contributed by atoms with Gasteiger partial charge >= 0.3 is 0 Å². The normalized spacial score (nSPS) is 27.0. The zero-order valence-corrected chi connectivity index (χ0v) is 8.32. The van der Waals surface area contributed by atoms with Gasteiger partial charge in [-0.05, 0) is 11.1 Å². The van der Waals surface area contributed by atoms with Gasteiger partial charge in [0, 0.05) is 5.50 Å². The van der Waals surface area contributed by atoms with E-state index in [-0.39, 0.29) is 0 Å². The van der Waals surface area contributed by atoms with Crippen molar-refractivity contribution >= 4 is 19.7 Å². The largest absolute Gasteiger partial charge is 0.130 e. The molecule has 2 saturated carbocycles. The van der Waals surface area contributed by atoms with E-state index in [2.05, 4.69) is 6.55 Å². The lowest BCUT2D eigenvalue weighted by atomic mass is 10.9. The molecule has 0 unspecified atom stereocenters. The Kier molecular flexibility index (Phi) is 1.61. The van der Waals surface area contributed by atoms with E-state index < -0.39 is 8.07 Å². The molecule has 10 heavy (non-hydrogen) atoms. The SMILES string of the molecule is C[Si](CCl)(C1CC1)C1CC1. The number of hydrogen-bond acceptors (Lipinski definition) is 0. The third kappa shape index (κ3) is 1.04. The van der Waals surface area contributed by atoms with Gasteiger partial charge in [0.1, 0.15) is 0 Å². The van der Waals surface area contributed by atoms with Crippen LogP contribution >= 0.6 is 11.6 Å². The molecule has 2 rings (SSSR count). The molecule has 0 heterocycles. The molecule has 0 saturated heterocycles. The monoisotopic (exact) mass is 174 g/mol. The van der Waals surface area contributed by atoms with Crippen LogP contribution in [0.2, 0.25) is 17.6 Å². The van der Waals surface area contributed by atoms with Crippen molar-refractivity contribution in [3.8, 4) is 0 Å². The van der Waals surface area contributed by atoms with E-state index in [0.717, 1.165) is 16.6 Å². The Morgan fingerprint density at radius 1 is 1.20 bits per heavy atom. The average Bonchev–Trinajstić information content (AvgIpc) is 2.73. The molecule has 0 spiro atoms. The summed E-state index contributed by atoms with van der Waals surface area (Å²) in [5.41, 5.74) is 3.28. The van der Waals surface area contributed by atoms with Crippen molar-refractivity contribution in [2.45, 2.75) is 43.3 Å². The standard InChI is InChI=1S/C8H15ClSi/c1-10(6-9,7-2-3-7)8-4-5-8/h7-8H,2-6H2,1H3. The Balaban J connectivity index is 2.03. The Bertz CT molecular complexity index is 126. The molecule has 2 fully saturated rings. The van der Waals surface area contributed by atoms with Crippen molar-refractivity contribution in [3.63, 3.8) is 0 Å². The van der Waals surface area contributed by atoms with Crippen LogP contribution in [0.4, 0.5) is 0 Å². The first-order chi connectivity index (χ1) is 4.77. The summed E-state index contributed by atoms with van der Waals surface area (Å²) in [6.07, 6.45) is 6.02. The molecule has 0 amide bonds. The zero-order valence-electron chi connectivity index (χ0n) is 6.57. The van der Waals surface area contributed by atoms with Crippen molar-refractivity contribution < 1.29 is 0 Å². The van der Waals surface area contributed by atoms with E-state index in [1.807, 2.05) is 0 Å². The predicted octanol–water partition coefficient (Wildman–Crippen LogP) is 3.17. The Labute approximate surface area is 69.0 Å². The van der Waals surface area contributed by atoms with E-state index in [9.17, 15) is 0 Å². The predicted molar refractivity (Wildman–Crippen MR) is 48.3 cm³/mol. The fourth-order valence-corrected chi connectivity index (χ4v) is 7.42. The minimum absolute atomic E-state index is 0.890. The summed E-state index contributed by atoms with van der Waals surface area (Å²) in [5.74, 6) is 0. The minimum atomic E-state index is -0.890. The van der Waals surface area contributed by atoms with Crippen LogP contribution in [0.5, 0.6) is 0 Å². The average molecular weight is 175 g/mol. The lowest BCUT2D eigenvalue weighted by molar-refractivity contribution is 1.19. The fourth-order valence-electron chi connectivity index (χ4n) is 2.04. The van der Waals surface area contributed by atoms with Crippen molar-refractivity contribution in [3.05, 3.63) is 0 Å². The number of hydrogen-bond donors (Lipinski definition) is 0. The van der Waals surface area contributed by atoms with Crippen molar-refractivity contribution in [2.75, 3.05) is 5.50 Å². The van der Waals surface area contributed by atoms with Gasteiger partial charge in [-0.3, -0.25) is 0 Å². The Morgan fingerprint density at radius 3 is 1.80 bits per heavy atom. The molecule has 2 heteroatoms. The van der Waals surface area contributed by atoms with Crippen molar-refractivity contribution in [2.24, 2.45) is 0 Å². The van der Waals surface area contributed by atoms with E-state index in [1.165, 1.54) is 25.7 Å². The van der Waals surface area contributed by atoms with Gasteiger partial charge in [0.15, 0.2) is 0 Å². The molecule has 0 atom stereocenters. The highest BCUT2D eigenvalue weighted by molar-refractivity contribution is 6.87. The number of halogens is 1. The molecule has 0 aromatic rings. The maximum Gasteiger partial charge on any atom is 0.0731 e. The van der Waals surface area contributed by atoms with Gasteiger partial charge in [-0.25, -0.2) is 0 Å². The summed E-state index contributed by atoms with van der Waals surface area (Å²) in [7, 11) is -0.890. The molecule has 0 aromatic carbocycles. The third-order valence-corrected chi connectivity index (χ3v) is 10.5. The lowest BCUT2D eigenvalue weighted by Crippen LogP contribution is -2.34. The minimum Gasteiger partial charge on any atom is -0.130 e. The van der Waals surface area contributed by atoms with Gasteiger partial charge in [0.05, 0.1) is 8.07 Å². The van der Waals surface area contributed by atoms with Crippen molar-refractivity contribution in [1.82, 2.24) is 0 Å². The van der Waals surface area contributed by atoms with E-state index in [0.29, 0.717) is 0 Å². The first-order valence-corrected chi connectivity index (χ1v) is 7.73. The third-order valence-electron chi connectivity index (χ3n) is 3.31. The topological polar surface area (TPSA) is 0 Å². The van der Waals surface area contributed by atoms with Crippen LogP contribution in [-0.4, -0.2) is 13.6 Å². The quantitative estimate of drug-likeness (QED) is 0.456. The van der Waals surface area contributed by atoms with Crippen LogP contribution in [0.15, 0.2) is 0 Å². The molecule has 0 N–H and O–H groups in total. The Morgan fingerprint density at radius 2 is 1.60 bits per heavy atom. The van der Waals surface area contributed by atoms with Gasteiger partial charge in [-0.15, -0.1) is 11.6 Å². The fraction of sp³-hybridized carbons (Fsp3) is 1.00. The first kappa shape index (κ1) is 7.17. The molecule has 0 aliphatic heterocycles. The summed E-state index contributed by atoms with van der Waals surface area (Å²) >= 11 is 6.04. The second kappa shape index (κ2) is 2.24. The lowest BCUT2D eigenvalue weighted by Gasteiger charge is -2.23. The second-order valence-electron chi connectivity index (χ2n) is 4.19. The molecular weight excluding hydrogens is 160 g/mol.